The van der Waals surface area contributed by atoms with Crippen LogP contribution in [0.4, 0.5) is 0 Å². The number of carbonyl (C=O) groups is 1. The van der Waals surface area contributed by atoms with Gasteiger partial charge in [0, 0.05) is 6.54 Å². The van der Waals surface area contributed by atoms with Crippen LogP contribution in [0, 0.1) is 0 Å². The highest BCUT2D eigenvalue weighted by atomic mass is 28.3. The van der Waals surface area contributed by atoms with Crippen LogP contribution in [0.15, 0.2) is 30.3 Å². The van der Waals surface area contributed by atoms with Crippen molar-refractivity contribution < 1.29 is 14.0 Å². The summed E-state index contributed by atoms with van der Waals surface area (Å²) in [6.07, 6.45) is -0.368. The summed E-state index contributed by atoms with van der Waals surface area (Å²) in [5, 5.41) is 0.219. The van der Waals surface area contributed by atoms with Gasteiger partial charge in [-0.05, 0) is 24.1 Å². The molecule has 0 aliphatic carbocycles. The van der Waals surface area contributed by atoms with Crippen LogP contribution in [-0.4, -0.2) is 45.2 Å². The number of nitrogens with zero attached hydrogens (tertiary/aromatic N) is 1. The maximum atomic E-state index is 12.5. The van der Waals surface area contributed by atoms with E-state index in [0.717, 1.165) is 5.56 Å². The summed E-state index contributed by atoms with van der Waals surface area (Å²) in [6.45, 7) is 12.4. The smallest absolute Gasteiger partial charge is 0.252 e. The minimum atomic E-state index is -1.30. The zero-order chi connectivity index (χ0) is 17.0. The maximum absolute atomic E-state index is 12.5. The lowest BCUT2D eigenvalue weighted by Gasteiger charge is -2.39. The van der Waals surface area contributed by atoms with Gasteiger partial charge in [-0.3, -0.25) is 4.79 Å². The molecule has 3 unspecified atom stereocenters. The number of carbonyl (C=O) groups excluding carboxylic acids is 1. The Labute approximate surface area is 141 Å². The van der Waals surface area contributed by atoms with E-state index in [1.807, 2.05) is 30.0 Å². The van der Waals surface area contributed by atoms with E-state index in [2.05, 4.69) is 39.5 Å². The minimum absolute atomic E-state index is 0.00351. The van der Waals surface area contributed by atoms with Gasteiger partial charge in [0.05, 0.1) is 19.3 Å². The molecule has 1 heterocycles. The Hall–Kier alpha value is -1.17. The molecule has 1 aromatic rings. The molecule has 1 aliphatic heterocycles. The third kappa shape index (κ3) is 4.90. The Morgan fingerprint density at radius 1 is 1.30 bits per heavy atom. The van der Waals surface area contributed by atoms with Gasteiger partial charge in [0.15, 0.2) is 9.04 Å². The number of morpholine rings is 1. The minimum Gasteiger partial charge on any atom is -0.418 e. The molecular formula is C18H29NO3Si. The molecule has 3 atom stereocenters. The molecule has 0 radical (unpaired) electrons. The summed E-state index contributed by atoms with van der Waals surface area (Å²) in [6, 6.07) is 10.1. The van der Waals surface area contributed by atoms with E-state index in [4.69, 9.17) is 9.16 Å². The number of hydrogen-bond acceptors (Lipinski definition) is 3. The number of amides is 1. The molecule has 0 bridgehead atoms. The predicted octanol–water partition coefficient (Wildman–Crippen LogP) is 2.97. The summed E-state index contributed by atoms with van der Waals surface area (Å²) in [4.78, 5) is 14.5. The Balaban J connectivity index is 2.05. The first-order valence-corrected chi connectivity index (χ1v) is 10.6. The number of rotatable bonds is 5. The molecule has 4 nitrogen and oxygen atoms in total. The van der Waals surface area contributed by atoms with E-state index in [1.165, 1.54) is 0 Å². The molecule has 0 saturated carbocycles. The Morgan fingerprint density at radius 2 is 1.96 bits per heavy atom. The fourth-order valence-corrected chi connectivity index (χ4v) is 3.47. The van der Waals surface area contributed by atoms with Gasteiger partial charge in [0.1, 0.15) is 6.10 Å². The average Bonchev–Trinajstić information content (AvgIpc) is 2.51. The van der Waals surface area contributed by atoms with Gasteiger partial charge in [-0.15, -0.1) is 0 Å². The van der Waals surface area contributed by atoms with Gasteiger partial charge in [-0.1, -0.05) is 51.1 Å². The van der Waals surface area contributed by atoms with Gasteiger partial charge in [-0.25, -0.2) is 0 Å². The second kappa shape index (κ2) is 7.60. The van der Waals surface area contributed by atoms with Crippen molar-refractivity contribution in [3.05, 3.63) is 35.9 Å². The molecule has 1 amide bonds. The molecule has 0 aromatic heterocycles. The van der Waals surface area contributed by atoms with Crippen molar-refractivity contribution in [2.45, 2.75) is 58.0 Å². The number of benzene rings is 1. The Bertz CT molecular complexity index is 515. The van der Waals surface area contributed by atoms with Gasteiger partial charge in [0.25, 0.3) is 5.91 Å². The van der Waals surface area contributed by atoms with Gasteiger partial charge in [-0.2, -0.15) is 0 Å². The molecule has 2 rings (SSSR count). The summed E-state index contributed by atoms with van der Waals surface area (Å²) in [7, 11) is -1.30. The standard InChI is InChI=1S/C18H29NO3Si/c1-14-17(20)19(11-15-9-7-6-8-10-15)16(12-21-14)13-22-23(5)18(2,3)4/h6-10,14,16,23H,11-13H2,1-5H3. The third-order valence-corrected chi connectivity index (χ3v) is 7.70. The fraction of sp³-hybridized carbons (Fsp3) is 0.611. The van der Waals surface area contributed by atoms with E-state index >= 15 is 0 Å². The SMILES string of the molecule is CC1OCC(CO[SiH](C)C(C)(C)C)N(Cc2ccccc2)C1=O. The van der Waals surface area contributed by atoms with Crippen molar-refractivity contribution in [1.82, 2.24) is 4.90 Å². The summed E-state index contributed by atoms with van der Waals surface area (Å²) in [5.74, 6) is 0.0544. The van der Waals surface area contributed by atoms with Crippen molar-refractivity contribution in [3.63, 3.8) is 0 Å². The summed E-state index contributed by atoms with van der Waals surface area (Å²) in [5.41, 5.74) is 1.14. The highest BCUT2D eigenvalue weighted by molar-refractivity contribution is 6.53. The topological polar surface area (TPSA) is 38.8 Å². The summed E-state index contributed by atoms with van der Waals surface area (Å²) < 4.78 is 11.8. The molecule has 1 aromatic carbocycles. The van der Waals surface area contributed by atoms with E-state index in [0.29, 0.717) is 19.8 Å². The molecule has 1 aliphatic rings. The largest absolute Gasteiger partial charge is 0.418 e. The zero-order valence-corrected chi connectivity index (χ0v) is 16.1. The summed E-state index contributed by atoms with van der Waals surface area (Å²) >= 11 is 0. The molecule has 23 heavy (non-hydrogen) atoms. The molecule has 1 fully saturated rings. The van der Waals surface area contributed by atoms with Crippen molar-refractivity contribution in [3.8, 4) is 0 Å². The van der Waals surface area contributed by atoms with Crippen LogP contribution in [0.3, 0.4) is 0 Å². The van der Waals surface area contributed by atoms with Crippen LogP contribution in [0.2, 0.25) is 11.6 Å². The Morgan fingerprint density at radius 3 is 2.57 bits per heavy atom. The second-order valence-corrected chi connectivity index (χ2v) is 10.8. The van der Waals surface area contributed by atoms with E-state index in [9.17, 15) is 4.79 Å². The van der Waals surface area contributed by atoms with Crippen LogP contribution >= 0.6 is 0 Å². The lowest BCUT2D eigenvalue weighted by atomic mass is 10.1. The first-order valence-electron chi connectivity index (χ1n) is 8.36. The van der Waals surface area contributed by atoms with Crippen LogP contribution in [0.25, 0.3) is 0 Å². The van der Waals surface area contributed by atoms with Crippen LogP contribution < -0.4 is 0 Å². The van der Waals surface area contributed by atoms with Gasteiger partial charge in [0.2, 0.25) is 0 Å². The molecule has 128 valence electrons. The molecule has 5 heteroatoms. The number of ether oxygens (including phenoxy) is 1. The lowest BCUT2D eigenvalue weighted by Crippen LogP contribution is -2.54. The Kier molecular flexibility index (Phi) is 6.00. The molecule has 1 saturated heterocycles. The van der Waals surface area contributed by atoms with Crippen molar-refractivity contribution in [2.75, 3.05) is 13.2 Å². The van der Waals surface area contributed by atoms with Crippen LogP contribution in [0.5, 0.6) is 0 Å². The monoisotopic (exact) mass is 335 g/mol. The third-order valence-electron chi connectivity index (χ3n) is 4.56. The quantitative estimate of drug-likeness (QED) is 0.777. The first kappa shape index (κ1) is 18.2. The van der Waals surface area contributed by atoms with Crippen molar-refractivity contribution in [2.24, 2.45) is 0 Å². The maximum Gasteiger partial charge on any atom is 0.252 e. The average molecular weight is 336 g/mol. The molecule has 0 spiro atoms. The van der Waals surface area contributed by atoms with Crippen molar-refractivity contribution in [1.29, 1.82) is 0 Å². The van der Waals surface area contributed by atoms with E-state index < -0.39 is 9.04 Å². The predicted molar refractivity (Wildman–Crippen MR) is 94.9 cm³/mol. The highest BCUT2D eigenvalue weighted by Crippen LogP contribution is 2.28. The normalized spacial score (nSPS) is 23.9. The highest BCUT2D eigenvalue weighted by Gasteiger charge is 2.35. The molecular weight excluding hydrogens is 306 g/mol. The first-order chi connectivity index (χ1) is 10.8. The second-order valence-electron chi connectivity index (χ2n) is 7.42. The van der Waals surface area contributed by atoms with Gasteiger partial charge < -0.3 is 14.1 Å². The van der Waals surface area contributed by atoms with Crippen LogP contribution in [-0.2, 0) is 20.5 Å². The van der Waals surface area contributed by atoms with Gasteiger partial charge >= 0.3 is 0 Å². The number of hydrogen-bond donors (Lipinski definition) is 0. The zero-order valence-electron chi connectivity index (χ0n) is 14.9. The fourth-order valence-electron chi connectivity index (χ4n) is 2.46. The van der Waals surface area contributed by atoms with Crippen LogP contribution in [0.1, 0.15) is 33.3 Å². The van der Waals surface area contributed by atoms with E-state index in [1.54, 1.807) is 0 Å². The molecule has 0 N–H and O–H groups in total. The lowest BCUT2D eigenvalue weighted by molar-refractivity contribution is -0.160. The van der Waals surface area contributed by atoms with E-state index in [-0.39, 0.29) is 23.1 Å². The van der Waals surface area contributed by atoms with Crippen molar-refractivity contribution >= 4 is 14.9 Å².